The van der Waals surface area contributed by atoms with Gasteiger partial charge in [-0.1, -0.05) is 13.3 Å². The van der Waals surface area contributed by atoms with Crippen molar-refractivity contribution >= 4 is 5.97 Å². The fourth-order valence-corrected chi connectivity index (χ4v) is 0.296. The Morgan fingerprint density at radius 2 is 2.00 bits per heavy atom. The van der Waals surface area contributed by atoms with Crippen molar-refractivity contribution in [3.8, 4) is 0 Å². The number of hydrogen-bond donors (Lipinski definition) is 3. The molecule has 0 saturated heterocycles. The lowest BCUT2D eigenvalue weighted by atomic mass is 10.3. The number of rotatable bonds is 2. The maximum Gasteiger partial charge on any atom is 0.300 e. The third-order valence-electron chi connectivity index (χ3n) is 0.584. The molecule has 0 aromatic heterocycles. The van der Waals surface area contributed by atoms with Crippen LogP contribution in [0.3, 0.4) is 0 Å². The molecule has 1 unspecified atom stereocenters. The normalized spacial score (nSPS) is 11.2. The van der Waals surface area contributed by atoms with Crippen LogP contribution in [0.1, 0.15) is 26.7 Å². The SMILES string of the molecule is CC(=O)O.CCCC(N)O. The van der Waals surface area contributed by atoms with Crippen LogP contribution >= 0.6 is 0 Å². The Morgan fingerprint density at radius 1 is 1.70 bits per heavy atom. The van der Waals surface area contributed by atoms with Gasteiger partial charge in [-0.3, -0.25) is 4.79 Å². The molecule has 0 bridgehead atoms. The first kappa shape index (κ1) is 12.1. The number of carbonyl (C=O) groups is 1. The first-order valence-corrected chi connectivity index (χ1v) is 3.13. The maximum atomic E-state index is 9.00. The molecule has 0 aromatic rings. The Kier molecular flexibility index (Phi) is 10.2. The molecule has 0 heterocycles. The van der Waals surface area contributed by atoms with Crippen LogP contribution in [0.4, 0.5) is 0 Å². The molecule has 1 atom stereocenters. The van der Waals surface area contributed by atoms with Gasteiger partial charge in [0, 0.05) is 6.92 Å². The molecule has 0 saturated carbocycles. The summed E-state index contributed by atoms with van der Waals surface area (Å²) in [6.45, 7) is 3.07. The lowest BCUT2D eigenvalue weighted by Crippen LogP contribution is -2.17. The minimum Gasteiger partial charge on any atom is -0.481 e. The molecule has 0 aliphatic heterocycles. The largest absolute Gasteiger partial charge is 0.481 e. The lowest BCUT2D eigenvalue weighted by molar-refractivity contribution is -0.134. The van der Waals surface area contributed by atoms with Gasteiger partial charge in [-0.15, -0.1) is 0 Å². The predicted octanol–water partition coefficient (Wildman–Crippen LogP) is 0.155. The van der Waals surface area contributed by atoms with Crippen molar-refractivity contribution in [3.63, 3.8) is 0 Å². The molecule has 10 heavy (non-hydrogen) atoms. The number of aliphatic hydroxyl groups excluding tert-OH is 1. The van der Waals surface area contributed by atoms with Gasteiger partial charge in [-0.2, -0.15) is 0 Å². The van der Waals surface area contributed by atoms with Crippen LogP contribution in [-0.4, -0.2) is 22.4 Å². The molecule has 4 nitrogen and oxygen atoms in total. The number of nitrogens with two attached hydrogens (primary N) is 1. The Morgan fingerprint density at radius 3 is 2.00 bits per heavy atom. The van der Waals surface area contributed by atoms with Crippen molar-refractivity contribution in [2.45, 2.75) is 32.9 Å². The van der Waals surface area contributed by atoms with Gasteiger partial charge in [0.15, 0.2) is 0 Å². The summed E-state index contributed by atoms with van der Waals surface area (Å²) < 4.78 is 0. The van der Waals surface area contributed by atoms with Crippen LogP contribution in [0.2, 0.25) is 0 Å². The van der Waals surface area contributed by atoms with Gasteiger partial charge in [0.1, 0.15) is 6.23 Å². The average Bonchev–Trinajstić information content (AvgIpc) is 1.62. The molecule has 0 aliphatic carbocycles. The molecular weight excluding hydrogens is 134 g/mol. The van der Waals surface area contributed by atoms with E-state index < -0.39 is 12.2 Å². The topological polar surface area (TPSA) is 83.5 Å². The van der Waals surface area contributed by atoms with Crippen LogP contribution in [-0.2, 0) is 4.79 Å². The molecule has 4 N–H and O–H groups in total. The molecule has 0 aliphatic rings. The zero-order valence-electron chi connectivity index (χ0n) is 6.37. The summed E-state index contributed by atoms with van der Waals surface area (Å²) in [6, 6.07) is 0. The summed E-state index contributed by atoms with van der Waals surface area (Å²) in [4.78, 5) is 9.00. The van der Waals surface area contributed by atoms with E-state index in [0.717, 1.165) is 13.3 Å². The highest BCUT2D eigenvalue weighted by atomic mass is 16.4. The van der Waals surface area contributed by atoms with Crippen LogP contribution in [0.15, 0.2) is 0 Å². The second-order valence-corrected chi connectivity index (χ2v) is 1.88. The highest BCUT2D eigenvalue weighted by Crippen LogP contribution is 1.85. The standard InChI is InChI=1S/C4H11NO.C2H4O2/c1-2-3-4(5)6;1-2(3)4/h4,6H,2-3,5H2,1H3;1H3,(H,3,4). The molecule has 0 radical (unpaired) electrons. The van der Waals surface area contributed by atoms with E-state index >= 15 is 0 Å². The summed E-state index contributed by atoms with van der Waals surface area (Å²) in [5.74, 6) is -0.833. The predicted molar refractivity (Wildman–Crippen MR) is 38.4 cm³/mol. The van der Waals surface area contributed by atoms with E-state index in [1.807, 2.05) is 6.92 Å². The molecule has 0 spiro atoms. The van der Waals surface area contributed by atoms with E-state index in [0.29, 0.717) is 6.42 Å². The molecule has 0 amide bonds. The minimum atomic E-state index is -0.833. The van der Waals surface area contributed by atoms with Gasteiger partial charge in [-0.25, -0.2) is 0 Å². The van der Waals surface area contributed by atoms with Gasteiger partial charge in [-0.05, 0) is 6.42 Å². The number of aliphatic carboxylic acids is 1. The molecular formula is C6H15NO3. The summed E-state index contributed by atoms with van der Waals surface area (Å²) in [5, 5.41) is 15.7. The van der Waals surface area contributed by atoms with E-state index in [1.165, 1.54) is 0 Å². The zero-order valence-corrected chi connectivity index (χ0v) is 6.37. The summed E-state index contributed by atoms with van der Waals surface area (Å²) in [6.07, 6.45) is 1.06. The first-order valence-electron chi connectivity index (χ1n) is 3.13. The zero-order chi connectivity index (χ0) is 8.57. The van der Waals surface area contributed by atoms with E-state index in [1.54, 1.807) is 0 Å². The second-order valence-electron chi connectivity index (χ2n) is 1.88. The van der Waals surface area contributed by atoms with E-state index in [9.17, 15) is 0 Å². The monoisotopic (exact) mass is 149 g/mol. The molecule has 0 rings (SSSR count). The highest BCUT2D eigenvalue weighted by molar-refractivity contribution is 5.62. The van der Waals surface area contributed by atoms with Crippen molar-refractivity contribution in [2.24, 2.45) is 5.73 Å². The van der Waals surface area contributed by atoms with Gasteiger partial charge in [0.2, 0.25) is 0 Å². The lowest BCUT2D eigenvalue weighted by Gasteiger charge is -1.96. The maximum absolute atomic E-state index is 9.00. The quantitative estimate of drug-likeness (QED) is 0.488. The van der Waals surface area contributed by atoms with E-state index in [-0.39, 0.29) is 0 Å². The van der Waals surface area contributed by atoms with E-state index in [4.69, 9.17) is 20.7 Å². The fraction of sp³-hybridized carbons (Fsp3) is 0.833. The fourth-order valence-electron chi connectivity index (χ4n) is 0.296. The second kappa shape index (κ2) is 8.39. The van der Waals surface area contributed by atoms with E-state index in [2.05, 4.69) is 0 Å². The minimum absolute atomic E-state index is 0.602. The Hall–Kier alpha value is -0.610. The molecule has 62 valence electrons. The van der Waals surface area contributed by atoms with Crippen molar-refractivity contribution in [1.82, 2.24) is 0 Å². The van der Waals surface area contributed by atoms with Gasteiger partial charge in [0.25, 0.3) is 5.97 Å². The third-order valence-corrected chi connectivity index (χ3v) is 0.584. The van der Waals surface area contributed by atoms with Crippen LogP contribution in [0.5, 0.6) is 0 Å². The average molecular weight is 149 g/mol. The summed E-state index contributed by atoms with van der Waals surface area (Å²) in [5.41, 5.74) is 4.96. The number of aliphatic hydroxyl groups is 1. The van der Waals surface area contributed by atoms with Crippen LogP contribution in [0.25, 0.3) is 0 Å². The first-order chi connectivity index (χ1) is 4.50. The third kappa shape index (κ3) is 52.8. The van der Waals surface area contributed by atoms with Crippen molar-refractivity contribution in [2.75, 3.05) is 0 Å². The molecule has 0 aromatic carbocycles. The van der Waals surface area contributed by atoms with Gasteiger partial charge >= 0.3 is 0 Å². The summed E-state index contributed by atoms with van der Waals surface area (Å²) in [7, 11) is 0. The van der Waals surface area contributed by atoms with Crippen LogP contribution < -0.4 is 5.73 Å². The Balaban J connectivity index is 0. The van der Waals surface area contributed by atoms with Gasteiger partial charge < -0.3 is 15.9 Å². The summed E-state index contributed by atoms with van der Waals surface area (Å²) >= 11 is 0. The molecule has 0 fully saturated rings. The highest BCUT2D eigenvalue weighted by Gasteiger charge is 1.87. The van der Waals surface area contributed by atoms with Crippen molar-refractivity contribution in [1.29, 1.82) is 0 Å². The number of carboxylic acid groups (broad SMARTS) is 1. The van der Waals surface area contributed by atoms with Crippen molar-refractivity contribution in [3.05, 3.63) is 0 Å². The number of hydrogen-bond acceptors (Lipinski definition) is 3. The van der Waals surface area contributed by atoms with Crippen LogP contribution in [0, 0.1) is 0 Å². The van der Waals surface area contributed by atoms with Gasteiger partial charge in [0.05, 0.1) is 0 Å². The Labute approximate surface area is 60.7 Å². The van der Waals surface area contributed by atoms with Crippen molar-refractivity contribution < 1.29 is 15.0 Å². The Bertz CT molecular complexity index is 79.1. The number of carboxylic acids is 1. The molecule has 4 heteroatoms. The smallest absolute Gasteiger partial charge is 0.300 e.